The SMILES string of the molecule is CS(=O)(=O)c1ccc(NCc2ccc(C(=O)O)cc2)cn1. The number of sulfone groups is 1. The van der Waals surface area contributed by atoms with Gasteiger partial charge in [0.2, 0.25) is 0 Å². The van der Waals surface area contributed by atoms with Crippen LogP contribution in [0, 0.1) is 0 Å². The van der Waals surface area contributed by atoms with Crippen molar-refractivity contribution < 1.29 is 18.3 Å². The summed E-state index contributed by atoms with van der Waals surface area (Å²) in [7, 11) is -3.29. The molecule has 110 valence electrons. The van der Waals surface area contributed by atoms with Gasteiger partial charge in [-0.15, -0.1) is 0 Å². The summed E-state index contributed by atoms with van der Waals surface area (Å²) >= 11 is 0. The van der Waals surface area contributed by atoms with Gasteiger partial charge in [-0.25, -0.2) is 18.2 Å². The minimum Gasteiger partial charge on any atom is -0.478 e. The highest BCUT2D eigenvalue weighted by Crippen LogP contribution is 2.12. The lowest BCUT2D eigenvalue weighted by atomic mass is 10.1. The maximum atomic E-state index is 11.3. The van der Waals surface area contributed by atoms with Gasteiger partial charge in [-0.3, -0.25) is 0 Å². The van der Waals surface area contributed by atoms with E-state index in [2.05, 4.69) is 10.3 Å². The van der Waals surface area contributed by atoms with E-state index in [1.54, 1.807) is 18.2 Å². The topological polar surface area (TPSA) is 96.4 Å². The van der Waals surface area contributed by atoms with Crippen molar-refractivity contribution in [2.45, 2.75) is 11.6 Å². The summed E-state index contributed by atoms with van der Waals surface area (Å²) in [5.74, 6) is -0.963. The van der Waals surface area contributed by atoms with Gasteiger partial charge in [-0.2, -0.15) is 0 Å². The zero-order chi connectivity index (χ0) is 15.5. The van der Waals surface area contributed by atoms with Crippen LogP contribution >= 0.6 is 0 Å². The largest absolute Gasteiger partial charge is 0.478 e. The van der Waals surface area contributed by atoms with E-state index in [1.165, 1.54) is 24.4 Å². The highest BCUT2D eigenvalue weighted by Gasteiger charge is 2.08. The fraction of sp³-hybridized carbons (Fsp3) is 0.143. The predicted molar refractivity (Wildman–Crippen MR) is 78.1 cm³/mol. The Morgan fingerprint density at radius 3 is 2.33 bits per heavy atom. The van der Waals surface area contributed by atoms with Gasteiger partial charge < -0.3 is 10.4 Å². The number of carboxylic acid groups (broad SMARTS) is 1. The Hall–Kier alpha value is -2.41. The van der Waals surface area contributed by atoms with E-state index in [-0.39, 0.29) is 10.6 Å². The van der Waals surface area contributed by atoms with E-state index in [4.69, 9.17) is 5.11 Å². The summed E-state index contributed by atoms with van der Waals surface area (Å²) < 4.78 is 22.6. The second-order valence-corrected chi connectivity index (χ2v) is 6.48. The first kappa shape index (κ1) is 15.0. The Bertz CT molecular complexity index is 738. The van der Waals surface area contributed by atoms with Crippen molar-refractivity contribution in [1.29, 1.82) is 0 Å². The standard InChI is InChI=1S/C14H14N2O4S/c1-21(19,20)13-7-6-12(9-16-13)15-8-10-2-4-11(5-3-10)14(17)18/h2-7,9,15H,8H2,1H3,(H,17,18). The van der Waals surface area contributed by atoms with E-state index in [0.29, 0.717) is 12.2 Å². The summed E-state index contributed by atoms with van der Waals surface area (Å²) in [5.41, 5.74) is 1.83. The van der Waals surface area contributed by atoms with Crippen LogP contribution in [-0.2, 0) is 16.4 Å². The molecule has 0 spiro atoms. The average Bonchev–Trinajstić information content (AvgIpc) is 2.45. The van der Waals surface area contributed by atoms with Crippen molar-refractivity contribution in [3.8, 4) is 0 Å². The number of anilines is 1. The number of hydrogen-bond acceptors (Lipinski definition) is 5. The smallest absolute Gasteiger partial charge is 0.335 e. The molecule has 0 bridgehead atoms. The predicted octanol–water partition coefficient (Wildman–Crippen LogP) is 1.80. The van der Waals surface area contributed by atoms with Crippen molar-refractivity contribution in [2.75, 3.05) is 11.6 Å². The molecule has 0 saturated heterocycles. The molecule has 0 aliphatic rings. The van der Waals surface area contributed by atoms with Crippen molar-refractivity contribution in [3.05, 3.63) is 53.7 Å². The Kier molecular flexibility index (Phi) is 4.23. The van der Waals surface area contributed by atoms with Crippen molar-refractivity contribution >= 4 is 21.5 Å². The lowest BCUT2D eigenvalue weighted by Crippen LogP contribution is -2.03. The monoisotopic (exact) mass is 306 g/mol. The van der Waals surface area contributed by atoms with E-state index in [1.807, 2.05) is 0 Å². The van der Waals surface area contributed by atoms with Crippen LogP contribution in [0.3, 0.4) is 0 Å². The molecule has 0 radical (unpaired) electrons. The maximum Gasteiger partial charge on any atom is 0.335 e. The molecule has 0 aliphatic heterocycles. The number of nitrogens with one attached hydrogen (secondary N) is 1. The van der Waals surface area contributed by atoms with E-state index in [0.717, 1.165) is 11.8 Å². The average molecular weight is 306 g/mol. The normalized spacial score (nSPS) is 11.1. The van der Waals surface area contributed by atoms with Crippen molar-refractivity contribution in [2.24, 2.45) is 0 Å². The van der Waals surface area contributed by atoms with Crippen LogP contribution in [0.15, 0.2) is 47.6 Å². The van der Waals surface area contributed by atoms with Crippen LogP contribution < -0.4 is 5.32 Å². The summed E-state index contributed by atoms with van der Waals surface area (Å²) in [5, 5.41) is 11.9. The third-order valence-corrected chi connectivity index (χ3v) is 3.82. The Balaban J connectivity index is 2.01. The van der Waals surface area contributed by atoms with Gasteiger partial charge in [-0.05, 0) is 29.8 Å². The highest BCUT2D eigenvalue weighted by atomic mass is 32.2. The number of aromatic carboxylic acids is 1. The lowest BCUT2D eigenvalue weighted by Gasteiger charge is -2.07. The quantitative estimate of drug-likeness (QED) is 0.874. The number of carbonyl (C=O) groups is 1. The first-order valence-corrected chi connectivity index (χ1v) is 7.97. The molecule has 1 heterocycles. The van der Waals surface area contributed by atoms with Gasteiger partial charge in [-0.1, -0.05) is 12.1 Å². The molecule has 0 atom stereocenters. The zero-order valence-corrected chi connectivity index (χ0v) is 12.1. The zero-order valence-electron chi connectivity index (χ0n) is 11.3. The molecule has 21 heavy (non-hydrogen) atoms. The molecule has 0 aliphatic carbocycles. The molecule has 0 saturated carbocycles. The lowest BCUT2D eigenvalue weighted by molar-refractivity contribution is 0.0697. The second-order valence-electron chi connectivity index (χ2n) is 4.51. The summed E-state index contributed by atoms with van der Waals surface area (Å²) in [6, 6.07) is 9.57. The summed E-state index contributed by atoms with van der Waals surface area (Å²) in [4.78, 5) is 14.6. The van der Waals surface area contributed by atoms with Crippen LogP contribution in [0.5, 0.6) is 0 Å². The number of nitrogens with zero attached hydrogens (tertiary/aromatic N) is 1. The molecule has 2 N–H and O–H groups in total. The van der Waals surface area contributed by atoms with Crippen LogP contribution in [0.2, 0.25) is 0 Å². The number of hydrogen-bond donors (Lipinski definition) is 2. The van der Waals surface area contributed by atoms with Crippen molar-refractivity contribution in [1.82, 2.24) is 4.98 Å². The molecule has 2 aromatic rings. The fourth-order valence-corrected chi connectivity index (χ4v) is 2.23. The number of rotatable bonds is 5. The first-order valence-electron chi connectivity index (χ1n) is 6.08. The van der Waals surface area contributed by atoms with Gasteiger partial charge >= 0.3 is 5.97 Å². The third kappa shape index (κ3) is 4.03. The number of benzene rings is 1. The molecule has 0 unspecified atom stereocenters. The minimum atomic E-state index is -3.29. The molecule has 2 rings (SSSR count). The summed E-state index contributed by atoms with van der Waals surface area (Å²) in [6.07, 6.45) is 2.55. The Labute approximate surface area is 122 Å². The second kappa shape index (κ2) is 5.92. The molecule has 1 aromatic heterocycles. The van der Waals surface area contributed by atoms with Crippen LogP contribution in [0.4, 0.5) is 5.69 Å². The fourth-order valence-electron chi connectivity index (χ4n) is 1.67. The van der Waals surface area contributed by atoms with Crippen LogP contribution in [0.25, 0.3) is 0 Å². The molecule has 1 aromatic carbocycles. The van der Waals surface area contributed by atoms with E-state index >= 15 is 0 Å². The highest BCUT2D eigenvalue weighted by molar-refractivity contribution is 7.90. The summed E-state index contributed by atoms with van der Waals surface area (Å²) in [6.45, 7) is 0.486. The van der Waals surface area contributed by atoms with E-state index < -0.39 is 15.8 Å². The van der Waals surface area contributed by atoms with Crippen molar-refractivity contribution in [3.63, 3.8) is 0 Å². The number of carboxylic acids is 1. The molecule has 0 amide bonds. The minimum absolute atomic E-state index is 0.0267. The first-order chi connectivity index (χ1) is 9.86. The van der Waals surface area contributed by atoms with Gasteiger partial charge in [0, 0.05) is 12.8 Å². The third-order valence-electron chi connectivity index (χ3n) is 2.81. The number of aromatic nitrogens is 1. The number of pyridine rings is 1. The molecule has 7 heteroatoms. The Morgan fingerprint density at radius 1 is 1.19 bits per heavy atom. The van der Waals surface area contributed by atoms with Gasteiger partial charge in [0.1, 0.15) is 0 Å². The molecular weight excluding hydrogens is 292 g/mol. The van der Waals surface area contributed by atoms with E-state index in [9.17, 15) is 13.2 Å². The van der Waals surface area contributed by atoms with Gasteiger partial charge in [0.15, 0.2) is 14.9 Å². The van der Waals surface area contributed by atoms with Crippen LogP contribution in [0.1, 0.15) is 15.9 Å². The van der Waals surface area contributed by atoms with Crippen LogP contribution in [-0.4, -0.2) is 30.7 Å². The van der Waals surface area contributed by atoms with Gasteiger partial charge in [0.05, 0.1) is 17.4 Å². The molecule has 6 nitrogen and oxygen atoms in total. The van der Waals surface area contributed by atoms with Gasteiger partial charge in [0.25, 0.3) is 0 Å². The molecular formula is C14H14N2O4S. The maximum absolute atomic E-state index is 11.3. The Morgan fingerprint density at radius 2 is 1.86 bits per heavy atom. The molecule has 0 fully saturated rings.